The van der Waals surface area contributed by atoms with Crippen LogP contribution in [0.5, 0.6) is 0 Å². The van der Waals surface area contributed by atoms with Gasteiger partial charge in [-0.25, -0.2) is 4.98 Å². The highest BCUT2D eigenvalue weighted by Gasteiger charge is 1.98. The van der Waals surface area contributed by atoms with E-state index in [1.807, 2.05) is 37.1 Å². The summed E-state index contributed by atoms with van der Waals surface area (Å²) < 4.78 is 2.06. The largest absolute Gasteiger partial charge is 0.381 e. The molecule has 0 saturated heterocycles. The molecule has 0 unspecified atom stereocenters. The predicted molar refractivity (Wildman–Crippen MR) is 79.3 cm³/mol. The first kappa shape index (κ1) is 12.4. The Kier molecular flexibility index (Phi) is 3.73. The number of nitrogens with zero attached hydrogens (tertiary/aromatic N) is 3. The third kappa shape index (κ3) is 3.23. The van der Waals surface area contributed by atoms with Crippen LogP contribution in [0.25, 0.3) is 0 Å². The van der Waals surface area contributed by atoms with Gasteiger partial charge in [0.05, 0.1) is 6.33 Å². The summed E-state index contributed by atoms with van der Waals surface area (Å²) in [6.07, 6.45) is 9.22. The molecule has 2 heterocycles. The third-order valence-corrected chi connectivity index (χ3v) is 3.10. The average molecular weight is 264 g/mol. The summed E-state index contributed by atoms with van der Waals surface area (Å²) in [6, 6.07) is 12.5. The van der Waals surface area contributed by atoms with Crippen molar-refractivity contribution in [2.24, 2.45) is 0 Å². The van der Waals surface area contributed by atoms with E-state index in [1.165, 1.54) is 11.1 Å². The second-order valence-electron chi connectivity index (χ2n) is 4.64. The number of pyridine rings is 1. The summed E-state index contributed by atoms with van der Waals surface area (Å²) in [5.74, 6) is 0. The number of hydrogen-bond donors (Lipinski definition) is 1. The molecule has 0 amide bonds. The summed E-state index contributed by atoms with van der Waals surface area (Å²) in [5.41, 5.74) is 3.60. The van der Waals surface area contributed by atoms with Gasteiger partial charge in [-0.1, -0.05) is 12.1 Å². The molecule has 1 aromatic carbocycles. The van der Waals surface area contributed by atoms with E-state index >= 15 is 0 Å². The van der Waals surface area contributed by atoms with Crippen LogP contribution >= 0.6 is 0 Å². The monoisotopic (exact) mass is 264 g/mol. The smallest absolute Gasteiger partial charge is 0.0949 e. The fraction of sp³-hybridized carbons (Fsp3) is 0.125. The van der Waals surface area contributed by atoms with Crippen molar-refractivity contribution in [1.29, 1.82) is 0 Å². The van der Waals surface area contributed by atoms with Crippen molar-refractivity contribution >= 4 is 5.69 Å². The molecule has 4 nitrogen and oxygen atoms in total. The Morgan fingerprint density at radius 2 is 1.85 bits per heavy atom. The van der Waals surface area contributed by atoms with Crippen LogP contribution in [0, 0.1) is 0 Å². The van der Waals surface area contributed by atoms with Crippen LogP contribution in [-0.4, -0.2) is 14.5 Å². The molecule has 2 aromatic heterocycles. The molecule has 0 radical (unpaired) electrons. The van der Waals surface area contributed by atoms with Gasteiger partial charge >= 0.3 is 0 Å². The second-order valence-corrected chi connectivity index (χ2v) is 4.64. The first-order chi connectivity index (χ1) is 9.90. The minimum atomic E-state index is 0.803. The maximum atomic E-state index is 4.06. The first-order valence-corrected chi connectivity index (χ1v) is 6.57. The standard InChI is InChI=1S/C16H16N4/c1-2-15(12-20-9-8-18-13-20)10-16(3-1)19-11-14-4-6-17-7-5-14/h1-10,13,19H,11-12H2. The van der Waals surface area contributed by atoms with Crippen LogP contribution < -0.4 is 5.32 Å². The van der Waals surface area contributed by atoms with Gasteiger partial charge in [0.2, 0.25) is 0 Å². The van der Waals surface area contributed by atoms with E-state index in [2.05, 4.69) is 44.1 Å². The molecule has 0 atom stereocenters. The lowest BCUT2D eigenvalue weighted by Crippen LogP contribution is -2.01. The number of aromatic nitrogens is 3. The van der Waals surface area contributed by atoms with Crippen LogP contribution in [0.3, 0.4) is 0 Å². The minimum Gasteiger partial charge on any atom is -0.381 e. The van der Waals surface area contributed by atoms with E-state index in [-0.39, 0.29) is 0 Å². The number of anilines is 1. The molecule has 0 spiro atoms. The Hall–Kier alpha value is -2.62. The SMILES string of the molecule is c1cc(Cn2ccnc2)cc(NCc2ccncc2)c1. The summed E-state index contributed by atoms with van der Waals surface area (Å²) in [7, 11) is 0. The molecule has 100 valence electrons. The Morgan fingerprint density at radius 3 is 2.65 bits per heavy atom. The Morgan fingerprint density at radius 1 is 0.950 bits per heavy atom. The highest BCUT2D eigenvalue weighted by Crippen LogP contribution is 2.13. The zero-order valence-corrected chi connectivity index (χ0v) is 11.1. The lowest BCUT2D eigenvalue weighted by Gasteiger charge is -2.09. The van der Waals surface area contributed by atoms with Crippen LogP contribution in [0.2, 0.25) is 0 Å². The van der Waals surface area contributed by atoms with Gasteiger partial charge in [-0.2, -0.15) is 0 Å². The van der Waals surface area contributed by atoms with Crippen LogP contribution in [0.4, 0.5) is 5.69 Å². The minimum absolute atomic E-state index is 0.803. The molecular weight excluding hydrogens is 248 g/mol. The van der Waals surface area contributed by atoms with Crippen molar-refractivity contribution in [3.05, 3.63) is 78.6 Å². The predicted octanol–water partition coefficient (Wildman–Crippen LogP) is 2.94. The molecule has 3 rings (SSSR count). The van der Waals surface area contributed by atoms with Crippen LogP contribution in [-0.2, 0) is 13.1 Å². The summed E-state index contributed by atoms with van der Waals surface area (Å²) in [6.45, 7) is 1.64. The summed E-state index contributed by atoms with van der Waals surface area (Å²) in [4.78, 5) is 8.08. The molecule has 0 aliphatic carbocycles. The number of rotatable bonds is 5. The lowest BCUT2D eigenvalue weighted by atomic mass is 10.2. The van der Waals surface area contributed by atoms with Crippen molar-refractivity contribution < 1.29 is 0 Å². The molecular formula is C16H16N4. The van der Waals surface area contributed by atoms with E-state index in [0.717, 1.165) is 18.8 Å². The highest BCUT2D eigenvalue weighted by molar-refractivity contribution is 5.46. The van der Waals surface area contributed by atoms with Crippen molar-refractivity contribution in [3.63, 3.8) is 0 Å². The highest BCUT2D eigenvalue weighted by atomic mass is 15.0. The zero-order valence-electron chi connectivity index (χ0n) is 11.1. The first-order valence-electron chi connectivity index (χ1n) is 6.57. The van der Waals surface area contributed by atoms with E-state index in [9.17, 15) is 0 Å². The Bertz CT molecular complexity index is 647. The van der Waals surface area contributed by atoms with Crippen molar-refractivity contribution in [1.82, 2.24) is 14.5 Å². The maximum absolute atomic E-state index is 4.06. The number of benzene rings is 1. The number of imidazole rings is 1. The van der Waals surface area contributed by atoms with Gasteiger partial charge in [0, 0.05) is 43.6 Å². The molecule has 20 heavy (non-hydrogen) atoms. The van der Waals surface area contributed by atoms with E-state index in [1.54, 1.807) is 6.20 Å². The number of nitrogens with one attached hydrogen (secondary N) is 1. The van der Waals surface area contributed by atoms with Crippen molar-refractivity contribution in [2.75, 3.05) is 5.32 Å². The second kappa shape index (κ2) is 6.02. The molecule has 4 heteroatoms. The van der Waals surface area contributed by atoms with Gasteiger partial charge in [0.1, 0.15) is 0 Å². The van der Waals surface area contributed by atoms with Gasteiger partial charge in [0.15, 0.2) is 0 Å². The van der Waals surface area contributed by atoms with Crippen LogP contribution in [0.15, 0.2) is 67.5 Å². The molecule has 0 fully saturated rings. The molecule has 0 aliphatic heterocycles. The summed E-state index contributed by atoms with van der Waals surface area (Å²) in [5, 5.41) is 3.43. The van der Waals surface area contributed by atoms with E-state index in [4.69, 9.17) is 0 Å². The van der Waals surface area contributed by atoms with Gasteiger partial charge < -0.3 is 9.88 Å². The molecule has 0 saturated carbocycles. The Labute approximate surface area is 118 Å². The lowest BCUT2D eigenvalue weighted by molar-refractivity contribution is 0.797. The topological polar surface area (TPSA) is 42.7 Å². The van der Waals surface area contributed by atoms with E-state index in [0.29, 0.717) is 0 Å². The maximum Gasteiger partial charge on any atom is 0.0949 e. The van der Waals surface area contributed by atoms with Gasteiger partial charge in [0.25, 0.3) is 0 Å². The third-order valence-electron chi connectivity index (χ3n) is 3.10. The summed E-state index contributed by atoms with van der Waals surface area (Å²) >= 11 is 0. The Balaban J connectivity index is 1.65. The fourth-order valence-corrected chi connectivity index (χ4v) is 2.08. The zero-order chi connectivity index (χ0) is 13.6. The quantitative estimate of drug-likeness (QED) is 0.770. The average Bonchev–Trinajstić information content (AvgIpc) is 3.00. The van der Waals surface area contributed by atoms with Crippen molar-refractivity contribution in [3.8, 4) is 0 Å². The molecule has 1 N–H and O–H groups in total. The van der Waals surface area contributed by atoms with Gasteiger partial charge in [-0.05, 0) is 35.4 Å². The normalized spacial score (nSPS) is 10.4. The fourth-order valence-electron chi connectivity index (χ4n) is 2.08. The van der Waals surface area contributed by atoms with Crippen LogP contribution in [0.1, 0.15) is 11.1 Å². The molecule has 3 aromatic rings. The number of hydrogen-bond acceptors (Lipinski definition) is 3. The molecule has 0 aliphatic rings. The van der Waals surface area contributed by atoms with Gasteiger partial charge in [-0.3, -0.25) is 4.98 Å². The van der Waals surface area contributed by atoms with E-state index < -0.39 is 0 Å². The van der Waals surface area contributed by atoms with Gasteiger partial charge in [-0.15, -0.1) is 0 Å². The molecule has 0 bridgehead atoms. The van der Waals surface area contributed by atoms with Crippen molar-refractivity contribution in [2.45, 2.75) is 13.1 Å².